The average Bonchev–Trinajstić information content (AvgIpc) is 2.69. The lowest BCUT2D eigenvalue weighted by atomic mass is 9.96. The lowest BCUT2D eigenvalue weighted by molar-refractivity contribution is -0.139. The van der Waals surface area contributed by atoms with Crippen LogP contribution in [0.3, 0.4) is 0 Å². The third-order valence-corrected chi connectivity index (χ3v) is 5.09. The molecular weight excluding hydrogens is 352 g/mol. The highest BCUT2D eigenvalue weighted by Gasteiger charge is 2.33. The minimum Gasteiger partial charge on any atom is -0.494 e. The van der Waals surface area contributed by atoms with E-state index in [1.54, 1.807) is 0 Å². The molecule has 1 atom stereocenters. The van der Waals surface area contributed by atoms with E-state index >= 15 is 0 Å². The first kappa shape index (κ1) is 24.4. The summed E-state index contributed by atoms with van der Waals surface area (Å²) in [4.78, 5) is 15.1. The first-order valence-electron chi connectivity index (χ1n) is 10.9. The van der Waals surface area contributed by atoms with Gasteiger partial charge in [0.2, 0.25) is 0 Å². The Morgan fingerprint density at radius 3 is 2.29 bits per heavy atom. The highest BCUT2D eigenvalue weighted by Crippen LogP contribution is 2.23. The predicted molar refractivity (Wildman–Crippen MR) is 117 cm³/mol. The lowest BCUT2D eigenvalue weighted by Crippen LogP contribution is -2.42. The second kappa shape index (κ2) is 13.6. The molecule has 0 aromatic heterocycles. The van der Waals surface area contributed by atoms with Gasteiger partial charge in [0, 0.05) is 18.8 Å². The van der Waals surface area contributed by atoms with E-state index in [2.05, 4.69) is 31.0 Å². The van der Waals surface area contributed by atoms with E-state index in [-0.39, 0.29) is 5.91 Å². The summed E-state index contributed by atoms with van der Waals surface area (Å²) in [6.45, 7) is 14.7. The van der Waals surface area contributed by atoms with Crippen LogP contribution in [0.2, 0.25) is 0 Å². The molecule has 0 aliphatic carbocycles. The zero-order valence-corrected chi connectivity index (χ0v) is 18.6. The van der Waals surface area contributed by atoms with Gasteiger partial charge in [0.15, 0.2) is 0 Å². The molecule has 0 heterocycles. The number of anilines is 1. The van der Waals surface area contributed by atoms with E-state index in [1.165, 1.54) is 0 Å². The fraction of sp³-hybridized carbons (Fsp3) is 0.696. The number of nitrogens with zero attached hydrogens (tertiary/aromatic N) is 1. The van der Waals surface area contributed by atoms with Crippen LogP contribution < -0.4 is 10.1 Å². The third-order valence-electron chi connectivity index (χ3n) is 5.09. The molecule has 0 fully saturated rings. The molecule has 5 nitrogen and oxygen atoms in total. The molecule has 0 saturated heterocycles. The zero-order chi connectivity index (χ0) is 20.8. The highest BCUT2D eigenvalue weighted by molar-refractivity contribution is 5.97. The van der Waals surface area contributed by atoms with Crippen LogP contribution in [0.25, 0.3) is 0 Å². The molecule has 5 heteroatoms. The van der Waals surface area contributed by atoms with E-state index in [9.17, 15) is 4.79 Å². The Balaban J connectivity index is 2.52. The van der Waals surface area contributed by atoms with Crippen molar-refractivity contribution in [2.75, 3.05) is 38.2 Å². The van der Waals surface area contributed by atoms with Crippen molar-refractivity contribution < 1.29 is 14.3 Å². The maximum absolute atomic E-state index is 12.8. The van der Waals surface area contributed by atoms with E-state index in [0.29, 0.717) is 13.2 Å². The topological polar surface area (TPSA) is 50.8 Å². The van der Waals surface area contributed by atoms with Gasteiger partial charge in [0.05, 0.1) is 6.61 Å². The van der Waals surface area contributed by atoms with Crippen LogP contribution >= 0.6 is 0 Å². The largest absolute Gasteiger partial charge is 0.494 e. The van der Waals surface area contributed by atoms with Gasteiger partial charge in [-0.3, -0.25) is 4.79 Å². The molecule has 0 radical (unpaired) electrons. The van der Waals surface area contributed by atoms with Gasteiger partial charge in [-0.05, 0) is 64.0 Å². The van der Waals surface area contributed by atoms with Crippen LogP contribution in [-0.2, 0) is 9.53 Å². The smallest absolute Gasteiger partial charge is 0.256 e. The number of nitrogens with one attached hydrogen (secondary N) is 1. The monoisotopic (exact) mass is 392 g/mol. The minimum atomic E-state index is -0.788. The standard InChI is InChI=1S/C23H40N2O3/c1-6-10-11-17-23(5,28-9-4)22(26)24-20-13-15-21(16-14-20)27-19-12-18-25(7-2)8-3/h13-16H,6-12,17-19H2,1-5H3,(H,24,26). The van der Waals surface area contributed by atoms with Crippen LogP contribution in [0.4, 0.5) is 5.69 Å². The number of carbonyl (C=O) groups is 1. The maximum Gasteiger partial charge on any atom is 0.256 e. The van der Waals surface area contributed by atoms with Gasteiger partial charge in [0.1, 0.15) is 11.4 Å². The van der Waals surface area contributed by atoms with Crippen LogP contribution in [0.15, 0.2) is 24.3 Å². The van der Waals surface area contributed by atoms with Gasteiger partial charge < -0.3 is 19.7 Å². The summed E-state index contributed by atoms with van der Waals surface area (Å²) in [6, 6.07) is 7.58. The SMILES string of the molecule is CCCCCC(C)(OCC)C(=O)Nc1ccc(OCCCN(CC)CC)cc1. The summed E-state index contributed by atoms with van der Waals surface area (Å²) in [6.07, 6.45) is 4.95. The Morgan fingerprint density at radius 1 is 1.04 bits per heavy atom. The summed E-state index contributed by atoms with van der Waals surface area (Å²) in [7, 11) is 0. The summed E-state index contributed by atoms with van der Waals surface area (Å²) in [5.41, 5.74) is -0.0225. The molecule has 0 spiro atoms. The van der Waals surface area contributed by atoms with Gasteiger partial charge in [-0.1, -0.05) is 40.0 Å². The number of hydrogen-bond acceptors (Lipinski definition) is 4. The number of carbonyl (C=O) groups excluding carboxylic acids is 1. The summed E-state index contributed by atoms with van der Waals surface area (Å²) in [5, 5.41) is 2.99. The second-order valence-corrected chi connectivity index (χ2v) is 7.33. The Bertz CT molecular complexity index is 543. The summed E-state index contributed by atoms with van der Waals surface area (Å²) < 4.78 is 11.6. The van der Waals surface area contributed by atoms with Gasteiger partial charge in [0.25, 0.3) is 5.91 Å². The second-order valence-electron chi connectivity index (χ2n) is 7.33. The Morgan fingerprint density at radius 2 is 1.71 bits per heavy atom. The van der Waals surface area contributed by atoms with Crippen LogP contribution in [0, 0.1) is 0 Å². The Kier molecular flexibility index (Phi) is 11.8. The molecule has 1 N–H and O–H groups in total. The summed E-state index contributed by atoms with van der Waals surface area (Å²) >= 11 is 0. The maximum atomic E-state index is 12.8. The first-order valence-corrected chi connectivity index (χ1v) is 10.9. The van der Waals surface area contributed by atoms with Crippen molar-refractivity contribution in [2.45, 2.75) is 72.3 Å². The number of hydrogen-bond donors (Lipinski definition) is 1. The van der Waals surface area contributed by atoms with Crippen molar-refractivity contribution in [3.05, 3.63) is 24.3 Å². The first-order chi connectivity index (χ1) is 13.5. The van der Waals surface area contributed by atoms with E-state index in [0.717, 1.165) is 63.2 Å². The van der Waals surface area contributed by atoms with Crippen LogP contribution in [0.1, 0.15) is 66.7 Å². The van der Waals surface area contributed by atoms with E-state index in [4.69, 9.17) is 9.47 Å². The van der Waals surface area contributed by atoms with Crippen molar-refractivity contribution in [1.29, 1.82) is 0 Å². The van der Waals surface area contributed by atoms with Gasteiger partial charge in [-0.25, -0.2) is 0 Å². The minimum absolute atomic E-state index is 0.0849. The zero-order valence-electron chi connectivity index (χ0n) is 18.6. The van der Waals surface area contributed by atoms with Gasteiger partial charge >= 0.3 is 0 Å². The molecule has 1 rings (SSSR count). The highest BCUT2D eigenvalue weighted by atomic mass is 16.5. The molecule has 160 valence electrons. The third kappa shape index (κ3) is 8.61. The predicted octanol–water partition coefficient (Wildman–Crippen LogP) is 5.11. The van der Waals surface area contributed by atoms with Crippen molar-refractivity contribution in [1.82, 2.24) is 4.90 Å². The molecule has 0 saturated carbocycles. The molecule has 0 bridgehead atoms. The normalized spacial score (nSPS) is 13.4. The average molecular weight is 393 g/mol. The molecule has 1 aromatic carbocycles. The number of benzene rings is 1. The number of ether oxygens (including phenoxy) is 2. The fourth-order valence-electron chi connectivity index (χ4n) is 3.20. The quantitative estimate of drug-likeness (QED) is 0.421. The van der Waals surface area contributed by atoms with Crippen molar-refractivity contribution in [3.8, 4) is 5.75 Å². The number of amides is 1. The van der Waals surface area contributed by atoms with Gasteiger partial charge in [-0.15, -0.1) is 0 Å². The molecular formula is C23H40N2O3. The van der Waals surface area contributed by atoms with Crippen molar-refractivity contribution in [2.24, 2.45) is 0 Å². The van der Waals surface area contributed by atoms with Crippen LogP contribution in [-0.4, -0.2) is 49.3 Å². The van der Waals surface area contributed by atoms with E-state index < -0.39 is 5.60 Å². The molecule has 0 aliphatic rings. The molecule has 1 aromatic rings. The van der Waals surface area contributed by atoms with E-state index in [1.807, 2.05) is 38.1 Å². The molecule has 1 amide bonds. The number of unbranched alkanes of at least 4 members (excludes halogenated alkanes) is 2. The van der Waals surface area contributed by atoms with Crippen LogP contribution in [0.5, 0.6) is 5.75 Å². The fourth-order valence-corrected chi connectivity index (χ4v) is 3.20. The van der Waals surface area contributed by atoms with Gasteiger partial charge in [-0.2, -0.15) is 0 Å². The van der Waals surface area contributed by atoms with Crippen molar-refractivity contribution in [3.63, 3.8) is 0 Å². The molecule has 0 aliphatic heterocycles. The van der Waals surface area contributed by atoms with Crippen molar-refractivity contribution >= 4 is 11.6 Å². The Hall–Kier alpha value is -1.59. The molecule has 28 heavy (non-hydrogen) atoms. The molecule has 1 unspecified atom stereocenters. The number of rotatable bonds is 15. The lowest BCUT2D eigenvalue weighted by Gasteiger charge is -2.28. The Labute approximate surface area is 171 Å². The summed E-state index contributed by atoms with van der Waals surface area (Å²) in [5.74, 6) is 0.742.